The van der Waals surface area contributed by atoms with Crippen LogP contribution in [-0.4, -0.2) is 51.9 Å². The lowest BCUT2D eigenvalue weighted by atomic mass is 9.83. The SMILES string of the molecule is O=C(C1CCC1)N1CCC2(CC1)SCCN2C(=O)C1CCCCC1. The van der Waals surface area contributed by atoms with Gasteiger partial charge in [0.2, 0.25) is 11.8 Å². The highest BCUT2D eigenvalue weighted by Gasteiger charge is 2.48. The topological polar surface area (TPSA) is 40.6 Å². The number of amides is 2. The molecule has 0 bridgehead atoms. The molecule has 4 fully saturated rings. The first-order chi connectivity index (χ1) is 11.7. The molecule has 0 atom stereocenters. The Kier molecular flexibility index (Phi) is 4.81. The van der Waals surface area contributed by atoms with Crippen LogP contribution in [0.3, 0.4) is 0 Å². The Labute approximate surface area is 149 Å². The van der Waals surface area contributed by atoms with Gasteiger partial charge in [-0.15, -0.1) is 11.8 Å². The minimum absolute atomic E-state index is 0.00900. The van der Waals surface area contributed by atoms with Crippen LogP contribution in [0.2, 0.25) is 0 Å². The van der Waals surface area contributed by atoms with E-state index < -0.39 is 0 Å². The monoisotopic (exact) mass is 350 g/mol. The zero-order valence-corrected chi connectivity index (χ0v) is 15.5. The van der Waals surface area contributed by atoms with Crippen LogP contribution in [0.4, 0.5) is 0 Å². The van der Waals surface area contributed by atoms with Gasteiger partial charge in [-0.3, -0.25) is 9.59 Å². The number of carbonyl (C=O) groups excluding carboxylic acids is 2. The molecule has 4 rings (SSSR count). The van der Waals surface area contributed by atoms with E-state index in [4.69, 9.17) is 0 Å². The first kappa shape index (κ1) is 16.7. The highest BCUT2D eigenvalue weighted by molar-refractivity contribution is 8.00. The molecule has 2 heterocycles. The Morgan fingerprint density at radius 2 is 1.42 bits per heavy atom. The van der Waals surface area contributed by atoms with Crippen molar-refractivity contribution in [3.63, 3.8) is 0 Å². The van der Waals surface area contributed by atoms with Crippen molar-refractivity contribution in [2.45, 2.75) is 69.1 Å². The van der Waals surface area contributed by atoms with Crippen molar-refractivity contribution in [2.75, 3.05) is 25.4 Å². The molecule has 24 heavy (non-hydrogen) atoms. The fraction of sp³-hybridized carbons (Fsp3) is 0.895. The molecule has 0 aromatic carbocycles. The number of rotatable bonds is 2. The van der Waals surface area contributed by atoms with Gasteiger partial charge < -0.3 is 9.80 Å². The third kappa shape index (κ3) is 2.97. The maximum atomic E-state index is 13.1. The Morgan fingerprint density at radius 1 is 0.792 bits per heavy atom. The van der Waals surface area contributed by atoms with Crippen LogP contribution in [-0.2, 0) is 9.59 Å². The number of hydrogen-bond donors (Lipinski definition) is 0. The summed E-state index contributed by atoms with van der Waals surface area (Å²) in [5.74, 6) is 2.43. The average molecular weight is 351 g/mol. The smallest absolute Gasteiger partial charge is 0.226 e. The molecule has 4 aliphatic rings. The minimum Gasteiger partial charge on any atom is -0.342 e. The fourth-order valence-corrected chi connectivity index (χ4v) is 6.36. The highest BCUT2D eigenvalue weighted by atomic mass is 32.2. The number of nitrogens with zero attached hydrogens (tertiary/aromatic N) is 2. The normalized spacial score (nSPS) is 28.2. The summed E-state index contributed by atoms with van der Waals surface area (Å²) in [6.45, 7) is 2.60. The van der Waals surface area contributed by atoms with Crippen LogP contribution in [0.25, 0.3) is 0 Å². The van der Waals surface area contributed by atoms with Crippen LogP contribution in [0.5, 0.6) is 0 Å². The van der Waals surface area contributed by atoms with Gasteiger partial charge in [-0.2, -0.15) is 0 Å². The molecule has 134 valence electrons. The largest absolute Gasteiger partial charge is 0.342 e. The van der Waals surface area contributed by atoms with Crippen molar-refractivity contribution in [2.24, 2.45) is 11.8 Å². The van der Waals surface area contributed by atoms with Crippen molar-refractivity contribution in [1.82, 2.24) is 9.80 Å². The van der Waals surface area contributed by atoms with Crippen molar-refractivity contribution in [3.05, 3.63) is 0 Å². The lowest BCUT2D eigenvalue weighted by molar-refractivity contribution is -0.143. The van der Waals surface area contributed by atoms with Crippen LogP contribution in [0, 0.1) is 11.8 Å². The predicted molar refractivity (Wildman–Crippen MR) is 96.6 cm³/mol. The van der Waals surface area contributed by atoms with Gasteiger partial charge in [0.05, 0.1) is 4.87 Å². The molecule has 2 aliphatic heterocycles. The average Bonchev–Trinajstić information content (AvgIpc) is 2.97. The van der Waals surface area contributed by atoms with Gasteiger partial charge in [0.15, 0.2) is 0 Å². The van der Waals surface area contributed by atoms with Gasteiger partial charge in [0.25, 0.3) is 0 Å². The van der Waals surface area contributed by atoms with Crippen LogP contribution in [0.1, 0.15) is 64.2 Å². The lowest BCUT2D eigenvalue weighted by Crippen LogP contribution is -2.55. The van der Waals surface area contributed by atoms with Gasteiger partial charge in [0, 0.05) is 37.2 Å². The van der Waals surface area contributed by atoms with E-state index in [2.05, 4.69) is 9.80 Å². The number of carbonyl (C=O) groups is 2. The van der Waals surface area contributed by atoms with Crippen LogP contribution in [0.15, 0.2) is 0 Å². The fourth-order valence-electron chi connectivity index (χ4n) is 4.89. The van der Waals surface area contributed by atoms with Gasteiger partial charge in [-0.1, -0.05) is 25.7 Å². The van der Waals surface area contributed by atoms with E-state index in [0.29, 0.717) is 17.7 Å². The predicted octanol–water partition coefficient (Wildman–Crippen LogP) is 3.26. The molecule has 0 aromatic heterocycles. The lowest BCUT2D eigenvalue weighted by Gasteiger charge is -2.46. The zero-order valence-electron chi connectivity index (χ0n) is 14.7. The quantitative estimate of drug-likeness (QED) is 0.767. The second kappa shape index (κ2) is 6.89. The Bertz CT molecular complexity index is 492. The van der Waals surface area contributed by atoms with Crippen molar-refractivity contribution < 1.29 is 9.59 Å². The van der Waals surface area contributed by atoms with Gasteiger partial charge >= 0.3 is 0 Å². The minimum atomic E-state index is -0.00900. The highest BCUT2D eigenvalue weighted by Crippen LogP contribution is 2.46. The van der Waals surface area contributed by atoms with Crippen LogP contribution < -0.4 is 0 Å². The van der Waals surface area contributed by atoms with E-state index in [1.807, 2.05) is 11.8 Å². The van der Waals surface area contributed by atoms with E-state index in [9.17, 15) is 9.59 Å². The molecule has 2 saturated heterocycles. The number of hydrogen-bond acceptors (Lipinski definition) is 3. The number of piperidine rings is 1. The molecule has 2 amide bonds. The van der Waals surface area contributed by atoms with E-state index in [1.54, 1.807) is 0 Å². The molecule has 0 aromatic rings. The molecule has 2 saturated carbocycles. The van der Waals surface area contributed by atoms with Crippen molar-refractivity contribution in [3.8, 4) is 0 Å². The van der Waals surface area contributed by atoms with E-state index >= 15 is 0 Å². The maximum Gasteiger partial charge on any atom is 0.226 e. The number of likely N-dealkylation sites (tertiary alicyclic amines) is 1. The molecular weight excluding hydrogens is 320 g/mol. The molecule has 2 aliphatic carbocycles. The summed E-state index contributed by atoms with van der Waals surface area (Å²) in [5, 5.41) is 0. The van der Waals surface area contributed by atoms with Gasteiger partial charge in [0.1, 0.15) is 0 Å². The Morgan fingerprint density at radius 3 is 2.04 bits per heavy atom. The summed E-state index contributed by atoms with van der Waals surface area (Å²) < 4.78 is 0. The van der Waals surface area contributed by atoms with E-state index in [1.165, 1.54) is 25.7 Å². The summed E-state index contributed by atoms with van der Waals surface area (Å²) in [4.78, 5) is 29.9. The molecule has 0 unspecified atom stereocenters. The van der Waals surface area contributed by atoms with E-state index in [-0.39, 0.29) is 10.8 Å². The molecule has 1 spiro atoms. The van der Waals surface area contributed by atoms with Gasteiger partial charge in [-0.05, 0) is 38.5 Å². The third-order valence-corrected chi connectivity index (χ3v) is 8.26. The first-order valence-corrected chi connectivity index (χ1v) is 10.9. The molecule has 4 nitrogen and oxygen atoms in total. The maximum absolute atomic E-state index is 13.1. The van der Waals surface area contributed by atoms with Crippen molar-refractivity contribution in [1.29, 1.82) is 0 Å². The zero-order chi connectivity index (χ0) is 16.6. The van der Waals surface area contributed by atoms with Crippen LogP contribution >= 0.6 is 11.8 Å². The van der Waals surface area contributed by atoms with E-state index in [0.717, 1.165) is 63.9 Å². The Balaban J connectivity index is 1.39. The molecule has 0 radical (unpaired) electrons. The Hall–Kier alpha value is -0.710. The van der Waals surface area contributed by atoms with Crippen molar-refractivity contribution >= 4 is 23.6 Å². The van der Waals surface area contributed by atoms with Gasteiger partial charge in [-0.25, -0.2) is 0 Å². The standard InChI is InChI=1S/C19H30N2O2S/c22-17(15-7-4-8-15)20-11-9-19(10-12-20)21(13-14-24-19)18(23)16-5-2-1-3-6-16/h15-16H,1-14H2. The first-order valence-electron chi connectivity index (χ1n) is 9.94. The summed E-state index contributed by atoms with van der Waals surface area (Å²) in [6, 6.07) is 0. The number of thioether (sulfide) groups is 1. The second-order valence-corrected chi connectivity index (χ2v) is 9.53. The third-order valence-electron chi connectivity index (χ3n) is 6.71. The summed E-state index contributed by atoms with van der Waals surface area (Å²) in [7, 11) is 0. The molecule has 5 heteroatoms. The summed E-state index contributed by atoms with van der Waals surface area (Å²) in [6.07, 6.45) is 11.2. The molecular formula is C19H30N2O2S. The molecule has 0 N–H and O–H groups in total. The summed E-state index contributed by atoms with van der Waals surface area (Å²) >= 11 is 1.98. The summed E-state index contributed by atoms with van der Waals surface area (Å²) in [5.41, 5.74) is 0. The second-order valence-electron chi connectivity index (χ2n) is 8.07.